The van der Waals surface area contributed by atoms with Crippen LogP contribution in [0.2, 0.25) is 0 Å². The molecule has 3 heterocycles. The maximum Gasteiger partial charge on any atom is 0.0425 e. The van der Waals surface area contributed by atoms with Gasteiger partial charge in [0.25, 0.3) is 0 Å². The van der Waals surface area contributed by atoms with Crippen molar-refractivity contribution in [2.45, 2.75) is 39.2 Å². The maximum absolute atomic E-state index is 2.47. The van der Waals surface area contributed by atoms with E-state index in [1.54, 1.807) is 22.7 Å². The van der Waals surface area contributed by atoms with E-state index in [-0.39, 0.29) is 0 Å². The predicted molar refractivity (Wildman–Crippen MR) is 104 cm³/mol. The van der Waals surface area contributed by atoms with Gasteiger partial charge >= 0.3 is 0 Å². The van der Waals surface area contributed by atoms with Gasteiger partial charge in [-0.15, -0.1) is 22.7 Å². The monoisotopic (exact) mass is 341 g/mol. The highest BCUT2D eigenvalue weighted by atomic mass is 32.1. The molecule has 0 unspecified atom stereocenters. The second-order valence-electron chi connectivity index (χ2n) is 5.71. The van der Waals surface area contributed by atoms with Crippen LogP contribution in [-0.4, -0.2) is 4.57 Å². The Hall–Kier alpha value is -1.58. The molecule has 3 heteroatoms. The van der Waals surface area contributed by atoms with Crippen LogP contribution in [0.1, 0.15) is 42.4 Å². The number of hydrogen-bond donors (Lipinski definition) is 0. The molecule has 0 amide bonds. The van der Waals surface area contributed by atoms with Crippen molar-refractivity contribution in [3.63, 3.8) is 0 Å². The molecule has 0 atom stereocenters. The van der Waals surface area contributed by atoms with Crippen molar-refractivity contribution in [1.29, 1.82) is 0 Å². The highest BCUT2D eigenvalue weighted by Crippen LogP contribution is 2.10. The lowest BCUT2D eigenvalue weighted by Gasteiger charge is -2.05. The van der Waals surface area contributed by atoms with Crippen LogP contribution in [-0.2, 0) is 6.54 Å². The Bertz CT molecular complexity index is 744. The summed E-state index contributed by atoms with van der Waals surface area (Å²) in [5, 5.41) is 6.90. The molecule has 0 aliphatic rings. The molecule has 0 aliphatic carbocycles. The van der Waals surface area contributed by atoms with Crippen molar-refractivity contribution in [2.75, 3.05) is 0 Å². The summed E-state index contributed by atoms with van der Waals surface area (Å²) in [7, 11) is 0. The van der Waals surface area contributed by atoms with Crippen molar-refractivity contribution in [3.05, 3.63) is 67.6 Å². The Morgan fingerprint density at radius 3 is 1.91 bits per heavy atom. The minimum atomic E-state index is 1.10. The summed E-state index contributed by atoms with van der Waals surface area (Å²) in [6, 6.07) is 13.1. The van der Waals surface area contributed by atoms with Crippen molar-refractivity contribution in [2.24, 2.45) is 0 Å². The highest BCUT2D eigenvalue weighted by Gasteiger charge is 2.00. The molecule has 0 N–H and O–H groups in total. The van der Waals surface area contributed by atoms with E-state index in [2.05, 4.69) is 70.8 Å². The molecule has 3 rings (SSSR count). The first-order chi connectivity index (χ1) is 11.4. The molecule has 0 fully saturated rings. The smallest absolute Gasteiger partial charge is 0.0425 e. The van der Waals surface area contributed by atoms with Crippen LogP contribution in [0.15, 0.2) is 47.2 Å². The largest absolute Gasteiger partial charge is 0.341 e. The van der Waals surface area contributed by atoms with Crippen LogP contribution < -0.4 is 10.7 Å². The number of nitrogens with zero attached hydrogens (tertiary/aromatic N) is 1. The molecule has 0 spiro atoms. The third-order valence-electron chi connectivity index (χ3n) is 3.95. The molecular weight excluding hydrogens is 318 g/mol. The van der Waals surface area contributed by atoms with Crippen LogP contribution in [0, 0.1) is 0 Å². The van der Waals surface area contributed by atoms with E-state index in [9.17, 15) is 0 Å². The van der Waals surface area contributed by atoms with Gasteiger partial charge in [-0.1, -0.05) is 38.3 Å². The zero-order valence-corrected chi connectivity index (χ0v) is 15.2. The summed E-state index contributed by atoms with van der Waals surface area (Å²) >= 11 is 3.59. The van der Waals surface area contributed by atoms with E-state index in [1.807, 2.05) is 0 Å². The second kappa shape index (κ2) is 8.32. The van der Waals surface area contributed by atoms with E-state index in [0.29, 0.717) is 0 Å². The van der Waals surface area contributed by atoms with Crippen LogP contribution in [0.3, 0.4) is 0 Å². The lowest BCUT2D eigenvalue weighted by Crippen LogP contribution is -2.26. The van der Waals surface area contributed by atoms with E-state index in [4.69, 9.17) is 0 Å². The number of rotatable bonds is 7. The SMILES string of the molecule is CCCCCCn1/c(=C\c2cccs2)cc/c1=C\c1cccs1. The van der Waals surface area contributed by atoms with Gasteiger partial charge in [-0.2, -0.15) is 0 Å². The van der Waals surface area contributed by atoms with Gasteiger partial charge in [-0.25, -0.2) is 0 Å². The molecule has 0 bridgehead atoms. The topological polar surface area (TPSA) is 4.93 Å². The lowest BCUT2D eigenvalue weighted by molar-refractivity contribution is 0.568. The van der Waals surface area contributed by atoms with Gasteiger partial charge in [-0.05, 0) is 53.6 Å². The fourth-order valence-corrected chi connectivity index (χ4v) is 4.07. The number of unbranched alkanes of at least 4 members (excludes halogenated alkanes) is 3. The van der Waals surface area contributed by atoms with E-state index >= 15 is 0 Å². The van der Waals surface area contributed by atoms with Crippen LogP contribution >= 0.6 is 22.7 Å². The van der Waals surface area contributed by atoms with Crippen molar-refractivity contribution in [3.8, 4) is 0 Å². The Labute approximate surface area is 146 Å². The van der Waals surface area contributed by atoms with E-state index in [1.165, 1.54) is 46.1 Å². The first-order valence-corrected chi connectivity index (χ1v) is 10.1. The molecule has 0 aromatic carbocycles. The molecule has 3 aromatic heterocycles. The van der Waals surface area contributed by atoms with E-state index in [0.717, 1.165) is 6.54 Å². The zero-order valence-electron chi connectivity index (χ0n) is 13.6. The van der Waals surface area contributed by atoms with Crippen LogP contribution in [0.5, 0.6) is 0 Å². The molecule has 23 heavy (non-hydrogen) atoms. The number of hydrogen-bond acceptors (Lipinski definition) is 2. The lowest BCUT2D eigenvalue weighted by atomic mass is 10.2. The zero-order chi connectivity index (χ0) is 15.9. The average molecular weight is 342 g/mol. The standard InChI is InChI=1S/C20H23NS2/c1-2-3-4-5-12-21-17(15-19-8-6-13-22-19)10-11-18(21)16-20-9-7-14-23-20/h6-11,13-16H,2-5,12H2,1H3/b17-15-,18-16+. The summed E-state index contributed by atoms with van der Waals surface area (Å²) in [4.78, 5) is 2.64. The van der Waals surface area contributed by atoms with Crippen LogP contribution in [0.4, 0.5) is 0 Å². The fourth-order valence-electron chi connectivity index (χ4n) is 2.75. The second-order valence-corrected chi connectivity index (χ2v) is 7.67. The Kier molecular flexibility index (Phi) is 5.89. The van der Waals surface area contributed by atoms with Gasteiger partial charge in [0, 0.05) is 27.0 Å². The van der Waals surface area contributed by atoms with E-state index < -0.39 is 0 Å². The number of aromatic nitrogens is 1. The molecular formula is C20H23NS2. The predicted octanol–water partition coefficient (Wildman–Crippen LogP) is 4.85. The van der Waals surface area contributed by atoms with Gasteiger partial charge < -0.3 is 4.57 Å². The molecule has 3 aromatic rings. The van der Waals surface area contributed by atoms with Gasteiger partial charge in [0.15, 0.2) is 0 Å². The summed E-state index contributed by atoms with van der Waals surface area (Å²) in [6.45, 7) is 3.36. The normalized spacial score (nSPS) is 13.1. The summed E-state index contributed by atoms with van der Waals surface area (Å²) in [5.74, 6) is 0. The highest BCUT2D eigenvalue weighted by molar-refractivity contribution is 7.11. The van der Waals surface area contributed by atoms with Gasteiger partial charge in [0.05, 0.1) is 0 Å². The van der Waals surface area contributed by atoms with Gasteiger partial charge in [-0.3, -0.25) is 0 Å². The first kappa shape index (κ1) is 16.3. The summed E-state index contributed by atoms with van der Waals surface area (Å²) < 4.78 is 2.47. The third-order valence-corrected chi connectivity index (χ3v) is 5.59. The minimum Gasteiger partial charge on any atom is -0.341 e. The fraction of sp³-hybridized carbons (Fsp3) is 0.300. The van der Waals surface area contributed by atoms with Crippen LogP contribution in [0.25, 0.3) is 12.2 Å². The van der Waals surface area contributed by atoms with Gasteiger partial charge in [0.2, 0.25) is 0 Å². The Morgan fingerprint density at radius 2 is 1.43 bits per heavy atom. The third kappa shape index (κ3) is 4.46. The summed E-state index contributed by atoms with van der Waals surface area (Å²) in [5.41, 5.74) is 0. The van der Waals surface area contributed by atoms with Crippen molar-refractivity contribution in [1.82, 2.24) is 4.57 Å². The molecule has 0 saturated heterocycles. The first-order valence-electron chi connectivity index (χ1n) is 8.33. The quantitative estimate of drug-likeness (QED) is 0.541. The maximum atomic E-state index is 2.47. The molecule has 0 aliphatic heterocycles. The molecule has 0 saturated carbocycles. The summed E-state index contributed by atoms with van der Waals surface area (Å²) in [6.07, 6.45) is 9.78. The van der Waals surface area contributed by atoms with Crippen molar-refractivity contribution < 1.29 is 0 Å². The van der Waals surface area contributed by atoms with Gasteiger partial charge in [0.1, 0.15) is 0 Å². The minimum absolute atomic E-state index is 1.10. The Morgan fingerprint density at radius 1 is 0.826 bits per heavy atom. The number of thiophene rings is 2. The molecule has 1 nitrogen and oxygen atoms in total. The average Bonchev–Trinajstić information content (AvgIpc) is 3.29. The van der Waals surface area contributed by atoms with Crippen molar-refractivity contribution >= 4 is 34.8 Å². The molecule has 0 radical (unpaired) electrons. The Balaban J connectivity index is 1.94. The molecule has 120 valence electrons.